The fourth-order valence-corrected chi connectivity index (χ4v) is 2.19. The number of carbonyl (C=O) groups excluding carboxylic acids is 1. The molecule has 0 aliphatic heterocycles. The Morgan fingerprint density at radius 2 is 1.64 bits per heavy atom. The number of nitrogens with one attached hydrogen (secondary N) is 1. The highest BCUT2D eigenvalue weighted by atomic mass is 16.6. The molecule has 0 aliphatic carbocycles. The van der Waals surface area contributed by atoms with Crippen LogP contribution in [0.25, 0.3) is 0 Å². The average Bonchev–Trinajstić information content (AvgIpc) is 2.47. The van der Waals surface area contributed by atoms with Crippen LogP contribution in [0.2, 0.25) is 0 Å². The SMILES string of the molecule is CCN(CC)C(C)NC(=O)c1c([N+](=O)[O-])cccc1[N+](=O)[O-]. The van der Waals surface area contributed by atoms with Crippen molar-refractivity contribution >= 4 is 17.3 Å². The van der Waals surface area contributed by atoms with E-state index in [2.05, 4.69) is 5.32 Å². The minimum absolute atomic E-state index is 0.401. The first-order chi connectivity index (χ1) is 10.3. The summed E-state index contributed by atoms with van der Waals surface area (Å²) in [7, 11) is 0. The lowest BCUT2D eigenvalue weighted by Crippen LogP contribution is -2.46. The molecule has 22 heavy (non-hydrogen) atoms. The van der Waals surface area contributed by atoms with Crippen LogP contribution in [0.15, 0.2) is 18.2 Å². The molecule has 0 bridgehead atoms. The van der Waals surface area contributed by atoms with Crippen LogP contribution < -0.4 is 5.32 Å². The van der Waals surface area contributed by atoms with Crippen LogP contribution in [0.4, 0.5) is 11.4 Å². The summed E-state index contributed by atoms with van der Waals surface area (Å²) in [5.74, 6) is -0.835. The number of benzene rings is 1. The van der Waals surface area contributed by atoms with Crippen molar-refractivity contribution in [3.8, 4) is 0 Å². The molecule has 0 radical (unpaired) electrons. The maximum Gasteiger partial charge on any atom is 0.289 e. The first-order valence-electron chi connectivity index (χ1n) is 6.80. The summed E-state index contributed by atoms with van der Waals surface area (Å²) in [6.07, 6.45) is -0.401. The molecule has 0 saturated carbocycles. The second-order valence-corrected chi connectivity index (χ2v) is 4.56. The largest absolute Gasteiger partial charge is 0.336 e. The second-order valence-electron chi connectivity index (χ2n) is 4.56. The molecule has 1 aromatic rings. The van der Waals surface area contributed by atoms with Crippen molar-refractivity contribution < 1.29 is 14.6 Å². The smallest absolute Gasteiger partial charge is 0.289 e. The first kappa shape index (κ1) is 17.5. The van der Waals surface area contributed by atoms with E-state index in [1.807, 2.05) is 18.7 Å². The van der Waals surface area contributed by atoms with Gasteiger partial charge in [0, 0.05) is 12.1 Å². The molecule has 1 unspecified atom stereocenters. The number of nitrogens with zero attached hydrogens (tertiary/aromatic N) is 3. The number of carbonyl (C=O) groups is 1. The van der Waals surface area contributed by atoms with Gasteiger partial charge in [-0.3, -0.25) is 29.9 Å². The summed E-state index contributed by atoms with van der Waals surface area (Å²) in [4.78, 5) is 34.6. The first-order valence-corrected chi connectivity index (χ1v) is 6.80. The Kier molecular flexibility index (Phi) is 5.93. The van der Waals surface area contributed by atoms with E-state index in [0.29, 0.717) is 13.1 Å². The van der Waals surface area contributed by atoms with Crippen LogP contribution in [-0.2, 0) is 0 Å². The Morgan fingerprint density at radius 1 is 1.18 bits per heavy atom. The molecule has 1 atom stereocenters. The summed E-state index contributed by atoms with van der Waals surface area (Å²) in [5, 5.41) is 24.6. The molecule has 1 rings (SSSR count). The number of amides is 1. The van der Waals surface area contributed by atoms with Crippen LogP contribution in [0.1, 0.15) is 31.1 Å². The zero-order valence-electron chi connectivity index (χ0n) is 12.6. The maximum absolute atomic E-state index is 12.3. The molecule has 0 saturated heterocycles. The fourth-order valence-electron chi connectivity index (χ4n) is 2.19. The van der Waals surface area contributed by atoms with Gasteiger partial charge < -0.3 is 5.32 Å². The van der Waals surface area contributed by atoms with E-state index >= 15 is 0 Å². The van der Waals surface area contributed by atoms with E-state index in [-0.39, 0.29) is 0 Å². The highest BCUT2D eigenvalue weighted by Crippen LogP contribution is 2.28. The fraction of sp³-hybridized carbons (Fsp3) is 0.462. The Hall–Kier alpha value is -2.55. The minimum atomic E-state index is -0.835. The van der Waals surface area contributed by atoms with Crippen LogP contribution in [-0.4, -0.2) is 39.9 Å². The summed E-state index contributed by atoms with van der Waals surface area (Å²) < 4.78 is 0. The molecule has 0 spiro atoms. The van der Waals surface area contributed by atoms with Crippen molar-refractivity contribution in [2.24, 2.45) is 0 Å². The minimum Gasteiger partial charge on any atom is -0.336 e. The summed E-state index contributed by atoms with van der Waals surface area (Å²) in [6, 6.07) is 3.33. The molecule has 9 nitrogen and oxygen atoms in total. The Balaban J connectivity index is 3.21. The summed E-state index contributed by atoms with van der Waals surface area (Å²) in [6.45, 7) is 6.85. The molecule has 1 aromatic carbocycles. The van der Waals surface area contributed by atoms with Gasteiger partial charge in [0.05, 0.1) is 16.0 Å². The lowest BCUT2D eigenvalue weighted by atomic mass is 10.1. The molecular formula is C13H18N4O5. The second kappa shape index (κ2) is 7.46. The van der Waals surface area contributed by atoms with Gasteiger partial charge in [-0.1, -0.05) is 13.8 Å². The Bertz CT molecular complexity index is 554. The van der Waals surface area contributed by atoms with Crippen molar-refractivity contribution in [2.45, 2.75) is 26.9 Å². The summed E-state index contributed by atoms with van der Waals surface area (Å²) in [5.41, 5.74) is -1.70. The molecule has 0 aliphatic rings. The van der Waals surface area contributed by atoms with Gasteiger partial charge in [0.25, 0.3) is 17.3 Å². The third-order valence-corrected chi connectivity index (χ3v) is 3.34. The van der Waals surface area contributed by atoms with E-state index in [1.165, 1.54) is 6.07 Å². The van der Waals surface area contributed by atoms with Crippen molar-refractivity contribution in [3.05, 3.63) is 44.0 Å². The third kappa shape index (κ3) is 3.76. The Labute approximate surface area is 127 Å². The van der Waals surface area contributed by atoms with Gasteiger partial charge in [-0.25, -0.2) is 0 Å². The maximum atomic E-state index is 12.3. The predicted octanol–water partition coefficient (Wildman–Crippen LogP) is 1.92. The number of rotatable bonds is 7. The molecule has 0 aromatic heterocycles. The van der Waals surface area contributed by atoms with Crippen molar-refractivity contribution in [3.63, 3.8) is 0 Å². The highest BCUT2D eigenvalue weighted by molar-refractivity contribution is 6.02. The molecule has 9 heteroatoms. The van der Waals surface area contributed by atoms with E-state index in [0.717, 1.165) is 12.1 Å². The third-order valence-electron chi connectivity index (χ3n) is 3.34. The normalized spacial score (nSPS) is 12.0. The van der Waals surface area contributed by atoms with E-state index in [4.69, 9.17) is 0 Å². The van der Waals surface area contributed by atoms with Gasteiger partial charge in [-0.2, -0.15) is 0 Å². The van der Waals surface area contributed by atoms with Crippen molar-refractivity contribution in [1.82, 2.24) is 10.2 Å². The molecule has 0 heterocycles. The van der Waals surface area contributed by atoms with Gasteiger partial charge >= 0.3 is 0 Å². The van der Waals surface area contributed by atoms with Gasteiger partial charge in [0.2, 0.25) is 0 Å². The van der Waals surface area contributed by atoms with Gasteiger partial charge in [-0.05, 0) is 26.1 Å². The van der Waals surface area contributed by atoms with Gasteiger partial charge in [0.1, 0.15) is 0 Å². The average molecular weight is 310 g/mol. The quantitative estimate of drug-likeness (QED) is 0.467. The van der Waals surface area contributed by atoms with Crippen molar-refractivity contribution in [1.29, 1.82) is 0 Å². The molecule has 120 valence electrons. The van der Waals surface area contributed by atoms with Crippen LogP contribution in [0.5, 0.6) is 0 Å². The van der Waals surface area contributed by atoms with E-state index < -0.39 is 38.9 Å². The molecule has 0 fully saturated rings. The van der Waals surface area contributed by atoms with Gasteiger partial charge in [-0.15, -0.1) is 0 Å². The number of hydrogen-bond acceptors (Lipinski definition) is 6. The molecular weight excluding hydrogens is 292 g/mol. The predicted molar refractivity (Wildman–Crippen MR) is 79.6 cm³/mol. The monoisotopic (exact) mass is 310 g/mol. The highest BCUT2D eigenvalue weighted by Gasteiger charge is 2.31. The zero-order chi connectivity index (χ0) is 16.9. The van der Waals surface area contributed by atoms with Crippen LogP contribution in [0, 0.1) is 20.2 Å². The van der Waals surface area contributed by atoms with E-state index in [9.17, 15) is 25.0 Å². The number of nitro groups is 2. The summed E-state index contributed by atoms with van der Waals surface area (Å²) >= 11 is 0. The standard InChI is InChI=1S/C13H18N4O5/c1-4-15(5-2)9(3)14-13(18)12-10(16(19)20)7-6-8-11(12)17(21)22/h6-9H,4-5H2,1-3H3,(H,14,18). The van der Waals surface area contributed by atoms with E-state index in [1.54, 1.807) is 6.92 Å². The van der Waals surface area contributed by atoms with Crippen molar-refractivity contribution in [2.75, 3.05) is 13.1 Å². The Morgan fingerprint density at radius 3 is 2.00 bits per heavy atom. The van der Waals surface area contributed by atoms with Crippen LogP contribution in [0.3, 0.4) is 0 Å². The topological polar surface area (TPSA) is 119 Å². The lowest BCUT2D eigenvalue weighted by Gasteiger charge is -2.26. The van der Waals surface area contributed by atoms with Crippen LogP contribution >= 0.6 is 0 Å². The molecule has 1 N–H and O–H groups in total. The number of nitro benzene ring substituents is 2. The molecule has 1 amide bonds. The van der Waals surface area contributed by atoms with Gasteiger partial charge in [0.15, 0.2) is 5.56 Å². The number of hydrogen-bond donors (Lipinski definition) is 1. The zero-order valence-corrected chi connectivity index (χ0v) is 12.6. The lowest BCUT2D eigenvalue weighted by molar-refractivity contribution is -0.394.